The van der Waals surface area contributed by atoms with Crippen LogP contribution in [0, 0.1) is 6.92 Å². The van der Waals surface area contributed by atoms with Crippen molar-refractivity contribution in [2.24, 2.45) is 0 Å². The van der Waals surface area contributed by atoms with Crippen LogP contribution in [0.15, 0.2) is 52.1 Å². The highest BCUT2D eigenvalue weighted by Gasteiger charge is 2.11. The number of aromatic nitrogens is 3. The Bertz CT molecular complexity index is 757. The minimum absolute atomic E-state index is 0.576. The van der Waals surface area contributed by atoms with Gasteiger partial charge in [-0.25, -0.2) is 0 Å². The fraction of sp³-hybridized carbons (Fsp3) is 0.133. The van der Waals surface area contributed by atoms with Gasteiger partial charge in [0.15, 0.2) is 0 Å². The molecular weight excluding hydrogens is 284 g/mol. The number of nitrogen functional groups attached to an aromatic ring is 1. The normalized spacial score (nSPS) is 10.7. The Morgan fingerprint density at radius 1 is 1.24 bits per heavy atom. The summed E-state index contributed by atoms with van der Waals surface area (Å²) in [5.41, 5.74) is 8.61. The van der Waals surface area contributed by atoms with Crippen LogP contribution in [0.5, 0.6) is 0 Å². The van der Waals surface area contributed by atoms with Crippen LogP contribution in [0.3, 0.4) is 0 Å². The Balaban J connectivity index is 1.74. The number of nitrogens with zero attached hydrogens (tertiary/aromatic N) is 3. The van der Waals surface area contributed by atoms with E-state index in [1.54, 1.807) is 24.2 Å². The van der Waals surface area contributed by atoms with Crippen LogP contribution in [-0.4, -0.2) is 15.1 Å². The van der Waals surface area contributed by atoms with Crippen LogP contribution in [-0.2, 0) is 5.75 Å². The lowest BCUT2D eigenvalue weighted by Crippen LogP contribution is -1.90. The minimum Gasteiger partial charge on any atom is -0.397 e. The Hall–Kier alpha value is -2.34. The van der Waals surface area contributed by atoms with Crippen LogP contribution in [0.1, 0.15) is 11.5 Å². The number of thioether (sulfide) groups is 1. The molecule has 2 aromatic heterocycles. The van der Waals surface area contributed by atoms with Crippen molar-refractivity contribution in [2.45, 2.75) is 17.6 Å². The molecule has 0 aliphatic rings. The van der Waals surface area contributed by atoms with E-state index >= 15 is 0 Å². The Morgan fingerprint density at radius 3 is 2.90 bits per heavy atom. The number of aryl methyl sites for hydroxylation is 1. The zero-order valence-corrected chi connectivity index (χ0v) is 12.3. The van der Waals surface area contributed by atoms with Crippen molar-refractivity contribution in [3.63, 3.8) is 0 Å². The third-order valence-corrected chi connectivity index (χ3v) is 4.09. The van der Waals surface area contributed by atoms with Crippen molar-refractivity contribution < 1.29 is 4.52 Å². The maximum absolute atomic E-state index is 5.85. The molecule has 0 saturated heterocycles. The maximum atomic E-state index is 5.85. The monoisotopic (exact) mass is 298 g/mol. The summed E-state index contributed by atoms with van der Waals surface area (Å²) in [6.07, 6.45) is 3.35. The average Bonchev–Trinajstić information content (AvgIpc) is 2.96. The first-order valence-corrected chi connectivity index (χ1v) is 7.43. The van der Waals surface area contributed by atoms with Gasteiger partial charge in [-0.1, -0.05) is 29.4 Å². The summed E-state index contributed by atoms with van der Waals surface area (Å²) >= 11 is 1.55. The summed E-state index contributed by atoms with van der Waals surface area (Å²) in [6, 6.07) is 9.83. The topological polar surface area (TPSA) is 77.8 Å². The summed E-state index contributed by atoms with van der Waals surface area (Å²) in [4.78, 5) is 9.35. The van der Waals surface area contributed by atoms with Gasteiger partial charge in [-0.3, -0.25) is 4.98 Å². The van der Waals surface area contributed by atoms with Crippen LogP contribution in [0.4, 0.5) is 5.69 Å². The molecule has 0 spiro atoms. The van der Waals surface area contributed by atoms with E-state index in [9.17, 15) is 0 Å². The fourth-order valence-electron chi connectivity index (χ4n) is 1.91. The Morgan fingerprint density at radius 2 is 2.10 bits per heavy atom. The quantitative estimate of drug-likeness (QED) is 0.744. The predicted molar refractivity (Wildman–Crippen MR) is 82.7 cm³/mol. The van der Waals surface area contributed by atoms with Crippen molar-refractivity contribution in [2.75, 3.05) is 5.73 Å². The summed E-state index contributed by atoms with van der Waals surface area (Å²) in [5, 5.41) is 4.04. The number of rotatable bonds is 4. The molecule has 0 unspecified atom stereocenters. The van der Waals surface area contributed by atoms with Gasteiger partial charge in [-0.2, -0.15) is 4.98 Å². The van der Waals surface area contributed by atoms with E-state index in [1.807, 2.05) is 37.3 Å². The molecule has 1 aromatic carbocycles. The van der Waals surface area contributed by atoms with Crippen LogP contribution < -0.4 is 5.73 Å². The molecule has 0 amide bonds. The Labute approximate surface area is 126 Å². The lowest BCUT2D eigenvalue weighted by atomic mass is 10.1. The molecule has 106 valence electrons. The molecule has 0 atom stereocenters. The van der Waals surface area contributed by atoms with E-state index in [2.05, 4.69) is 15.1 Å². The van der Waals surface area contributed by atoms with Gasteiger partial charge in [-0.05, 0) is 18.6 Å². The van der Waals surface area contributed by atoms with Gasteiger partial charge in [0.1, 0.15) is 0 Å². The van der Waals surface area contributed by atoms with E-state index in [4.69, 9.17) is 10.3 Å². The molecule has 0 aliphatic heterocycles. The molecule has 0 bridgehead atoms. The van der Waals surface area contributed by atoms with Crippen molar-refractivity contribution in [3.8, 4) is 11.4 Å². The molecule has 5 nitrogen and oxygen atoms in total. The van der Waals surface area contributed by atoms with E-state index < -0.39 is 0 Å². The number of nitrogens with two attached hydrogens (primary N) is 1. The average molecular weight is 298 g/mol. The minimum atomic E-state index is 0.576. The predicted octanol–water partition coefficient (Wildman–Crippen LogP) is 3.31. The Kier molecular flexibility index (Phi) is 3.87. The zero-order chi connectivity index (χ0) is 14.7. The second kappa shape index (κ2) is 5.97. The van der Waals surface area contributed by atoms with Crippen LogP contribution in [0.25, 0.3) is 11.4 Å². The van der Waals surface area contributed by atoms with Gasteiger partial charge in [0, 0.05) is 16.7 Å². The van der Waals surface area contributed by atoms with Crippen molar-refractivity contribution in [1.82, 2.24) is 15.1 Å². The highest BCUT2D eigenvalue weighted by atomic mass is 32.2. The summed E-state index contributed by atoms with van der Waals surface area (Å²) < 4.78 is 5.30. The summed E-state index contributed by atoms with van der Waals surface area (Å²) in [5.74, 6) is 1.77. The zero-order valence-electron chi connectivity index (χ0n) is 11.5. The molecular formula is C15H14N4OS. The second-order valence-corrected chi connectivity index (χ2v) is 5.55. The summed E-state index contributed by atoms with van der Waals surface area (Å²) in [6.45, 7) is 2.03. The van der Waals surface area contributed by atoms with E-state index in [1.165, 1.54) is 0 Å². The highest BCUT2D eigenvalue weighted by molar-refractivity contribution is 7.98. The molecule has 0 saturated carbocycles. The largest absolute Gasteiger partial charge is 0.397 e. The lowest BCUT2D eigenvalue weighted by molar-refractivity contribution is 0.391. The van der Waals surface area contributed by atoms with Gasteiger partial charge >= 0.3 is 0 Å². The number of anilines is 1. The molecule has 2 heterocycles. The van der Waals surface area contributed by atoms with Gasteiger partial charge in [0.2, 0.25) is 11.7 Å². The fourth-order valence-corrected chi connectivity index (χ4v) is 2.68. The number of pyridine rings is 1. The maximum Gasteiger partial charge on any atom is 0.237 e. The molecule has 3 aromatic rings. The van der Waals surface area contributed by atoms with Gasteiger partial charge in [0.05, 0.1) is 17.6 Å². The molecule has 6 heteroatoms. The first-order valence-electron chi connectivity index (χ1n) is 6.45. The number of hydrogen-bond acceptors (Lipinski definition) is 6. The second-order valence-electron chi connectivity index (χ2n) is 4.53. The molecule has 0 aliphatic carbocycles. The number of hydrogen-bond donors (Lipinski definition) is 1. The molecule has 0 radical (unpaired) electrons. The molecule has 3 rings (SSSR count). The van der Waals surface area contributed by atoms with E-state index in [0.29, 0.717) is 23.2 Å². The van der Waals surface area contributed by atoms with Gasteiger partial charge in [0.25, 0.3) is 0 Å². The van der Waals surface area contributed by atoms with Crippen molar-refractivity contribution >= 4 is 17.4 Å². The van der Waals surface area contributed by atoms with Crippen LogP contribution >= 0.6 is 11.8 Å². The lowest BCUT2D eigenvalue weighted by Gasteiger charge is -2.01. The van der Waals surface area contributed by atoms with Gasteiger partial charge in [-0.15, -0.1) is 11.8 Å². The van der Waals surface area contributed by atoms with Crippen molar-refractivity contribution in [3.05, 3.63) is 54.2 Å². The van der Waals surface area contributed by atoms with Gasteiger partial charge < -0.3 is 10.3 Å². The number of benzene rings is 1. The third kappa shape index (κ3) is 3.05. The van der Waals surface area contributed by atoms with E-state index in [-0.39, 0.29) is 0 Å². The SMILES string of the molecule is Cc1ccccc1-c1noc(CSc2ccncc2N)n1. The van der Waals surface area contributed by atoms with Crippen LogP contribution in [0.2, 0.25) is 0 Å². The molecule has 21 heavy (non-hydrogen) atoms. The first-order chi connectivity index (χ1) is 10.2. The molecule has 2 N–H and O–H groups in total. The first kappa shape index (κ1) is 13.6. The third-order valence-electron chi connectivity index (χ3n) is 3.02. The standard InChI is InChI=1S/C15H14N4OS/c1-10-4-2-3-5-11(10)15-18-14(20-19-15)9-21-13-6-7-17-8-12(13)16/h2-8H,9,16H2,1H3. The smallest absolute Gasteiger partial charge is 0.237 e. The molecule has 0 fully saturated rings. The van der Waals surface area contributed by atoms with E-state index in [0.717, 1.165) is 16.0 Å². The highest BCUT2D eigenvalue weighted by Crippen LogP contribution is 2.27. The van der Waals surface area contributed by atoms with Crippen molar-refractivity contribution in [1.29, 1.82) is 0 Å². The summed E-state index contributed by atoms with van der Waals surface area (Å²) in [7, 11) is 0.